The summed E-state index contributed by atoms with van der Waals surface area (Å²) in [4.78, 5) is 31.2. The molecule has 2 aromatic carbocycles. The van der Waals surface area contributed by atoms with E-state index in [-0.39, 0.29) is 18.2 Å². The van der Waals surface area contributed by atoms with E-state index in [1.807, 2.05) is 35.7 Å². The van der Waals surface area contributed by atoms with Gasteiger partial charge in [-0.25, -0.2) is 4.98 Å². The molecule has 5 nitrogen and oxygen atoms in total. The first-order valence-electron chi connectivity index (χ1n) is 9.11. The van der Waals surface area contributed by atoms with E-state index in [4.69, 9.17) is 0 Å². The van der Waals surface area contributed by atoms with E-state index in [2.05, 4.69) is 24.1 Å². The Morgan fingerprint density at radius 3 is 2.54 bits per heavy atom. The van der Waals surface area contributed by atoms with Crippen LogP contribution in [-0.4, -0.2) is 23.8 Å². The Balaban J connectivity index is 1.67. The fraction of sp³-hybridized carbons (Fsp3) is 0.227. The minimum absolute atomic E-state index is 0.136. The minimum Gasteiger partial charge on any atom is -0.326 e. The zero-order chi connectivity index (χ0) is 20.1. The number of hydrogen-bond donors (Lipinski definition) is 1. The van der Waals surface area contributed by atoms with Crippen molar-refractivity contribution in [2.45, 2.75) is 26.2 Å². The highest BCUT2D eigenvalue weighted by molar-refractivity contribution is 7.09. The normalized spacial score (nSPS) is 10.7. The van der Waals surface area contributed by atoms with Gasteiger partial charge in [0.15, 0.2) is 0 Å². The predicted octanol–water partition coefficient (Wildman–Crippen LogP) is 4.72. The first-order valence-corrected chi connectivity index (χ1v) is 9.99. The summed E-state index contributed by atoms with van der Waals surface area (Å²) in [5, 5.41) is 5.81. The zero-order valence-electron chi connectivity index (χ0n) is 16.2. The lowest BCUT2D eigenvalue weighted by atomic mass is 10.1. The van der Waals surface area contributed by atoms with Crippen LogP contribution in [-0.2, 0) is 11.2 Å². The molecule has 1 aromatic heterocycles. The molecule has 3 rings (SSSR count). The van der Waals surface area contributed by atoms with Gasteiger partial charge in [-0.1, -0.05) is 38.1 Å². The highest BCUT2D eigenvalue weighted by atomic mass is 32.1. The Hall–Kier alpha value is -2.99. The Morgan fingerprint density at radius 2 is 1.86 bits per heavy atom. The number of nitrogens with one attached hydrogen (secondary N) is 1. The molecular formula is C22H23N3O2S. The standard InChI is InChI=1S/C22H23N3O2S/c1-15(2)21-24-18(14-28-21)13-20(26)23-17-9-7-8-16(12-17)22(27)25(3)19-10-5-4-6-11-19/h4-12,14-15H,13H2,1-3H3,(H,23,26). The van der Waals surface area contributed by atoms with Gasteiger partial charge in [0, 0.05) is 35.3 Å². The van der Waals surface area contributed by atoms with Gasteiger partial charge in [0.1, 0.15) is 0 Å². The molecule has 1 N–H and O–H groups in total. The molecule has 0 aliphatic heterocycles. The molecule has 0 aliphatic rings. The van der Waals surface area contributed by atoms with Crippen molar-refractivity contribution in [2.75, 3.05) is 17.3 Å². The van der Waals surface area contributed by atoms with Crippen LogP contribution in [0.2, 0.25) is 0 Å². The number of hydrogen-bond acceptors (Lipinski definition) is 4. The van der Waals surface area contributed by atoms with Crippen molar-refractivity contribution in [3.63, 3.8) is 0 Å². The highest BCUT2D eigenvalue weighted by Gasteiger charge is 2.15. The number of anilines is 2. The summed E-state index contributed by atoms with van der Waals surface area (Å²) in [6.45, 7) is 4.16. The van der Waals surface area contributed by atoms with Crippen LogP contribution in [0.15, 0.2) is 60.0 Å². The topological polar surface area (TPSA) is 62.3 Å². The fourth-order valence-corrected chi connectivity index (χ4v) is 3.57. The van der Waals surface area contributed by atoms with Crippen molar-refractivity contribution in [3.05, 3.63) is 76.2 Å². The molecule has 0 aliphatic carbocycles. The predicted molar refractivity (Wildman–Crippen MR) is 114 cm³/mol. The Morgan fingerprint density at radius 1 is 1.11 bits per heavy atom. The van der Waals surface area contributed by atoms with Crippen molar-refractivity contribution in [2.24, 2.45) is 0 Å². The van der Waals surface area contributed by atoms with E-state index in [9.17, 15) is 9.59 Å². The third-order valence-corrected chi connectivity index (χ3v) is 5.44. The van der Waals surface area contributed by atoms with Crippen LogP contribution in [0.3, 0.4) is 0 Å². The molecule has 0 saturated carbocycles. The van der Waals surface area contributed by atoms with Gasteiger partial charge in [-0.05, 0) is 30.3 Å². The fourth-order valence-electron chi connectivity index (χ4n) is 2.73. The monoisotopic (exact) mass is 393 g/mol. The van der Waals surface area contributed by atoms with Crippen LogP contribution in [0.4, 0.5) is 11.4 Å². The van der Waals surface area contributed by atoms with E-state index in [0.29, 0.717) is 17.2 Å². The largest absolute Gasteiger partial charge is 0.326 e. The lowest BCUT2D eigenvalue weighted by Crippen LogP contribution is -2.26. The number of amides is 2. The molecule has 2 amide bonds. The molecule has 3 aromatic rings. The molecule has 6 heteroatoms. The lowest BCUT2D eigenvalue weighted by molar-refractivity contribution is -0.115. The van der Waals surface area contributed by atoms with Crippen molar-refractivity contribution in [1.82, 2.24) is 4.98 Å². The lowest BCUT2D eigenvalue weighted by Gasteiger charge is -2.17. The molecule has 0 radical (unpaired) electrons. The maximum Gasteiger partial charge on any atom is 0.258 e. The van der Waals surface area contributed by atoms with Crippen molar-refractivity contribution >= 4 is 34.5 Å². The summed E-state index contributed by atoms with van der Waals surface area (Å²) in [6.07, 6.45) is 0.214. The van der Waals surface area contributed by atoms with Crippen molar-refractivity contribution in [3.8, 4) is 0 Å². The Bertz CT molecular complexity index is 967. The Labute approximate surface area is 169 Å². The SMILES string of the molecule is CC(C)c1nc(CC(=O)Nc2cccc(C(=O)N(C)c3ccccc3)c2)cs1. The molecule has 1 heterocycles. The third-order valence-electron chi connectivity index (χ3n) is 4.25. The summed E-state index contributed by atoms with van der Waals surface area (Å²) in [5.74, 6) is 0.0658. The van der Waals surface area contributed by atoms with E-state index in [1.54, 1.807) is 47.5 Å². The first kappa shape index (κ1) is 19.8. The maximum atomic E-state index is 12.7. The van der Waals surface area contributed by atoms with Crippen LogP contribution in [0.25, 0.3) is 0 Å². The minimum atomic E-state index is -0.151. The van der Waals surface area contributed by atoms with Crippen LogP contribution in [0.5, 0.6) is 0 Å². The van der Waals surface area contributed by atoms with E-state index < -0.39 is 0 Å². The average Bonchev–Trinajstić information content (AvgIpc) is 3.16. The number of carbonyl (C=O) groups is 2. The van der Waals surface area contributed by atoms with Gasteiger partial charge in [0.05, 0.1) is 17.1 Å². The number of thiazole rings is 1. The van der Waals surface area contributed by atoms with Gasteiger partial charge in [-0.15, -0.1) is 11.3 Å². The second-order valence-electron chi connectivity index (χ2n) is 6.84. The van der Waals surface area contributed by atoms with E-state index in [1.165, 1.54) is 0 Å². The molecule has 28 heavy (non-hydrogen) atoms. The van der Waals surface area contributed by atoms with Crippen LogP contribution in [0, 0.1) is 0 Å². The number of benzene rings is 2. The number of rotatable bonds is 6. The van der Waals surface area contributed by atoms with E-state index in [0.717, 1.165) is 16.4 Å². The summed E-state index contributed by atoms with van der Waals surface area (Å²) in [6, 6.07) is 16.4. The van der Waals surface area contributed by atoms with Gasteiger partial charge in [-0.3, -0.25) is 9.59 Å². The van der Waals surface area contributed by atoms with Crippen LogP contribution in [0.1, 0.15) is 40.8 Å². The number of aromatic nitrogens is 1. The first-order chi connectivity index (χ1) is 13.4. The summed E-state index contributed by atoms with van der Waals surface area (Å²) in [5.41, 5.74) is 2.69. The molecule has 0 saturated heterocycles. The van der Waals surface area contributed by atoms with Gasteiger partial charge in [-0.2, -0.15) is 0 Å². The van der Waals surface area contributed by atoms with Gasteiger partial charge < -0.3 is 10.2 Å². The molecule has 0 bridgehead atoms. The molecule has 0 spiro atoms. The van der Waals surface area contributed by atoms with E-state index >= 15 is 0 Å². The number of para-hydroxylation sites is 1. The van der Waals surface area contributed by atoms with Gasteiger partial charge >= 0.3 is 0 Å². The summed E-state index contributed by atoms with van der Waals surface area (Å²) in [7, 11) is 1.73. The highest BCUT2D eigenvalue weighted by Crippen LogP contribution is 2.20. The maximum absolute atomic E-state index is 12.7. The second-order valence-corrected chi connectivity index (χ2v) is 7.73. The molecule has 0 atom stereocenters. The Kier molecular flexibility index (Phi) is 6.21. The summed E-state index contributed by atoms with van der Waals surface area (Å²) >= 11 is 1.57. The average molecular weight is 394 g/mol. The smallest absolute Gasteiger partial charge is 0.258 e. The number of nitrogens with zero attached hydrogens (tertiary/aromatic N) is 2. The molecular weight excluding hydrogens is 370 g/mol. The second kappa shape index (κ2) is 8.80. The van der Waals surface area contributed by atoms with Crippen molar-refractivity contribution < 1.29 is 9.59 Å². The molecule has 144 valence electrons. The summed E-state index contributed by atoms with van der Waals surface area (Å²) < 4.78 is 0. The van der Waals surface area contributed by atoms with Gasteiger partial charge in [0.25, 0.3) is 5.91 Å². The van der Waals surface area contributed by atoms with Crippen molar-refractivity contribution in [1.29, 1.82) is 0 Å². The van der Waals surface area contributed by atoms with Gasteiger partial charge in [0.2, 0.25) is 5.91 Å². The quantitative estimate of drug-likeness (QED) is 0.659. The third kappa shape index (κ3) is 4.84. The molecule has 0 unspecified atom stereocenters. The number of carbonyl (C=O) groups excluding carboxylic acids is 2. The molecule has 0 fully saturated rings. The zero-order valence-corrected chi connectivity index (χ0v) is 17.0. The van der Waals surface area contributed by atoms with Crippen LogP contribution >= 0.6 is 11.3 Å². The van der Waals surface area contributed by atoms with Crippen LogP contribution < -0.4 is 10.2 Å².